The van der Waals surface area contributed by atoms with Crippen LogP contribution in [0, 0.1) is 0 Å². The average molecular weight is 505 g/mol. The summed E-state index contributed by atoms with van der Waals surface area (Å²) in [6.45, 7) is 4.23. The van der Waals surface area contributed by atoms with Crippen molar-refractivity contribution in [1.29, 1.82) is 0 Å². The van der Waals surface area contributed by atoms with Gasteiger partial charge in [-0.3, -0.25) is 9.88 Å². The van der Waals surface area contributed by atoms with E-state index in [1.165, 1.54) is 37.1 Å². The van der Waals surface area contributed by atoms with Gasteiger partial charge >= 0.3 is 0 Å². The van der Waals surface area contributed by atoms with Crippen molar-refractivity contribution in [3.63, 3.8) is 0 Å². The molecule has 5 nitrogen and oxygen atoms in total. The van der Waals surface area contributed by atoms with Crippen LogP contribution in [-0.2, 0) is 13.1 Å². The van der Waals surface area contributed by atoms with Gasteiger partial charge in [0, 0.05) is 36.4 Å². The van der Waals surface area contributed by atoms with Gasteiger partial charge in [0.1, 0.15) is 5.82 Å². The van der Waals surface area contributed by atoms with Crippen LogP contribution in [0.2, 0.25) is 0 Å². The van der Waals surface area contributed by atoms with Crippen LogP contribution in [0.25, 0.3) is 22.3 Å². The van der Waals surface area contributed by atoms with Gasteiger partial charge in [0.15, 0.2) is 5.82 Å². The van der Waals surface area contributed by atoms with E-state index in [4.69, 9.17) is 9.97 Å². The number of pyridine rings is 1. The van der Waals surface area contributed by atoms with Crippen LogP contribution in [0.4, 0.5) is 5.82 Å². The van der Waals surface area contributed by atoms with E-state index in [-0.39, 0.29) is 37.2 Å². The number of likely N-dealkylation sites (tertiary alicyclic amines) is 1. The lowest BCUT2D eigenvalue weighted by Gasteiger charge is -2.15. The molecule has 0 atom stereocenters. The summed E-state index contributed by atoms with van der Waals surface area (Å²) in [5.41, 5.74) is 4.46. The first-order valence-corrected chi connectivity index (χ1v) is 10.6. The number of fused-ring (bicyclic) bond motifs is 1. The van der Waals surface area contributed by atoms with Gasteiger partial charge < -0.3 is 5.32 Å². The number of anilines is 1. The zero-order valence-electron chi connectivity index (χ0n) is 18.2. The van der Waals surface area contributed by atoms with E-state index in [1.54, 1.807) is 12.4 Å². The van der Waals surface area contributed by atoms with E-state index in [2.05, 4.69) is 45.5 Å². The Balaban J connectivity index is 0.00000128. The molecule has 0 unspecified atom stereocenters. The Labute approximate surface area is 213 Å². The summed E-state index contributed by atoms with van der Waals surface area (Å²) in [4.78, 5) is 16.3. The third-order valence-electron chi connectivity index (χ3n) is 5.61. The highest BCUT2D eigenvalue weighted by molar-refractivity contribution is 5.90. The molecule has 0 amide bonds. The molecule has 2 aromatic carbocycles. The number of hydrogen-bond donors (Lipinski definition) is 1. The highest BCUT2D eigenvalue weighted by Crippen LogP contribution is 2.25. The summed E-state index contributed by atoms with van der Waals surface area (Å²) in [7, 11) is 0. The van der Waals surface area contributed by atoms with E-state index in [0.717, 1.165) is 35.4 Å². The number of para-hydroxylation sites is 1. The van der Waals surface area contributed by atoms with Crippen LogP contribution < -0.4 is 5.32 Å². The molecule has 0 spiro atoms. The molecule has 0 saturated carbocycles. The Hall–Kier alpha value is -2.44. The number of rotatable bonds is 6. The standard InChI is InChI=1S/C25H25N5.3ClH/c1-2-8-23-22(7-1)25(29-24(28-23)21-6-5-13-26-17-21)27-16-19-9-11-20(12-10-19)18-30-14-3-4-15-30;;;/h1-2,5-13,17H,3-4,14-16,18H2,(H,27,28,29);3*1H. The molecule has 0 radical (unpaired) electrons. The largest absolute Gasteiger partial charge is 0.365 e. The van der Waals surface area contributed by atoms with Gasteiger partial charge in [-0.25, -0.2) is 9.97 Å². The third-order valence-corrected chi connectivity index (χ3v) is 5.61. The van der Waals surface area contributed by atoms with Gasteiger partial charge in [0.05, 0.1) is 5.52 Å². The van der Waals surface area contributed by atoms with Crippen molar-refractivity contribution in [2.24, 2.45) is 0 Å². The van der Waals surface area contributed by atoms with Crippen molar-refractivity contribution >= 4 is 53.9 Å². The summed E-state index contributed by atoms with van der Waals surface area (Å²) in [5, 5.41) is 4.55. The minimum Gasteiger partial charge on any atom is -0.365 e. The molecule has 174 valence electrons. The SMILES string of the molecule is Cl.Cl.Cl.c1cncc(-c2nc(NCc3ccc(CN4CCCC4)cc3)c3ccccc3n2)c1. The van der Waals surface area contributed by atoms with Crippen molar-refractivity contribution < 1.29 is 0 Å². The molecular weight excluding hydrogens is 477 g/mol. The quantitative estimate of drug-likeness (QED) is 0.340. The maximum Gasteiger partial charge on any atom is 0.163 e. The second-order valence-corrected chi connectivity index (χ2v) is 7.81. The number of hydrogen-bond acceptors (Lipinski definition) is 5. The maximum atomic E-state index is 4.80. The molecule has 1 aliphatic heterocycles. The Morgan fingerprint density at radius 2 is 1.52 bits per heavy atom. The van der Waals surface area contributed by atoms with E-state index in [9.17, 15) is 0 Å². The first-order chi connectivity index (χ1) is 14.8. The smallest absolute Gasteiger partial charge is 0.163 e. The molecule has 8 heteroatoms. The zero-order valence-corrected chi connectivity index (χ0v) is 20.6. The summed E-state index contributed by atoms with van der Waals surface area (Å²) in [6.07, 6.45) is 6.22. The highest BCUT2D eigenvalue weighted by atomic mass is 35.5. The number of nitrogens with one attached hydrogen (secondary N) is 1. The number of halogens is 3. The van der Waals surface area contributed by atoms with E-state index in [1.807, 2.05) is 30.3 Å². The first kappa shape index (κ1) is 26.8. The summed E-state index contributed by atoms with van der Waals surface area (Å²) < 4.78 is 0. The number of nitrogens with zero attached hydrogens (tertiary/aromatic N) is 4. The molecule has 1 saturated heterocycles. The zero-order chi connectivity index (χ0) is 20.2. The van der Waals surface area contributed by atoms with Crippen LogP contribution in [0.5, 0.6) is 0 Å². The molecule has 1 fully saturated rings. The fourth-order valence-corrected chi connectivity index (χ4v) is 3.98. The molecule has 1 aliphatic rings. The lowest BCUT2D eigenvalue weighted by atomic mass is 10.1. The van der Waals surface area contributed by atoms with Gasteiger partial charge in [0.2, 0.25) is 0 Å². The normalized spacial score (nSPS) is 13.0. The Morgan fingerprint density at radius 3 is 2.24 bits per heavy atom. The lowest BCUT2D eigenvalue weighted by Crippen LogP contribution is -2.18. The molecular formula is C25H28Cl3N5. The van der Waals surface area contributed by atoms with Crippen molar-refractivity contribution in [3.8, 4) is 11.4 Å². The van der Waals surface area contributed by atoms with Crippen LogP contribution in [-0.4, -0.2) is 32.9 Å². The van der Waals surface area contributed by atoms with Gasteiger partial charge in [0.25, 0.3) is 0 Å². The Morgan fingerprint density at radius 1 is 0.788 bits per heavy atom. The topological polar surface area (TPSA) is 53.9 Å². The van der Waals surface area contributed by atoms with Gasteiger partial charge in [-0.1, -0.05) is 36.4 Å². The van der Waals surface area contributed by atoms with Crippen LogP contribution >= 0.6 is 37.2 Å². The lowest BCUT2D eigenvalue weighted by molar-refractivity contribution is 0.331. The van der Waals surface area contributed by atoms with Crippen LogP contribution in [0.15, 0.2) is 73.1 Å². The van der Waals surface area contributed by atoms with Crippen molar-refractivity contribution in [1.82, 2.24) is 19.9 Å². The number of benzene rings is 2. The predicted octanol–water partition coefficient (Wildman–Crippen LogP) is 6.17. The molecule has 0 bridgehead atoms. The van der Waals surface area contributed by atoms with Crippen molar-refractivity contribution in [3.05, 3.63) is 84.2 Å². The van der Waals surface area contributed by atoms with E-state index in [0.29, 0.717) is 5.82 Å². The highest BCUT2D eigenvalue weighted by Gasteiger charge is 2.12. The maximum absolute atomic E-state index is 4.80. The molecule has 2 aromatic heterocycles. The second kappa shape index (κ2) is 12.7. The van der Waals surface area contributed by atoms with Gasteiger partial charge in [-0.15, -0.1) is 37.2 Å². The minimum absolute atomic E-state index is 0. The minimum atomic E-state index is 0. The summed E-state index contributed by atoms with van der Waals surface area (Å²) in [6, 6.07) is 20.9. The molecule has 3 heterocycles. The summed E-state index contributed by atoms with van der Waals surface area (Å²) >= 11 is 0. The fraction of sp³-hybridized carbons (Fsp3) is 0.240. The Bertz CT molecular complexity index is 1130. The van der Waals surface area contributed by atoms with Crippen molar-refractivity contribution in [2.45, 2.75) is 25.9 Å². The predicted molar refractivity (Wildman–Crippen MR) is 143 cm³/mol. The number of aromatic nitrogens is 3. The average Bonchev–Trinajstić information content (AvgIpc) is 3.32. The first-order valence-electron chi connectivity index (χ1n) is 10.6. The van der Waals surface area contributed by atoms with Crippen molar-refractivity contribution in [2.75, 3.05) is 18.4 Å². The van der Waals surface area contributed by atoms with Crippen LogP contribution in [0.3, 0.4) is 0 Å². The van der Waals surface area contributed by atoms with Gasteiger partial charge in [-0.2, -0.15) is 0 Å². The molecule has 33 heavy (non-hydrogen) atoms. The molecule has 0 aliphatic carbocycles. The fourth-order valence-electron chi connectivity index (χ4n) is 3.98. The van der Waals surface area contributed by atoms with Gasteiger partial charge in [-0.05, 0) is 61.3 Å². The Kier molecular flexibility index (Phi) is 10.3. The van der Waals surface area contributed by atoms with Crippen LogP contribution in [0.1, 0.15) is 24.0 Å². The second-order valence-electron chi connectivity index (χ2n) is 7.81. The molecule has 4 aromatic rings. The third kappa shape index (κ3) is 6.55. The molecule has 1 N–H and O–H groups in total. The molecule has 5 rings (SSSR count). The monoisotopic (exact) mass is 503 g/mol. The van der Waals surface area contributed by atoms with E-state index < -0.39 is 0 Å². The van der Waals surface area contributed by atoms with E-state index >= 15 is 0 Å². The summed E-state index contributed by atoms with van der Waals surface area (Å²) in [5.74, 6) is 1.53.